The summed E-state index contributed by atoms with van der Waals surface area (Å²) in [5.74, 6) is 0. The van der Waals surface area contributed by atoms with E-state index in [0.717, 1.165) is 45.8 Å². The normalized spacial score (nSPS) is 21.3. The molecular formula is C6H18I3N6P3. The monoisotopic (exact) mass is 648 g/mol. The second kappa shape index (κ2) is 21.6. The number of rotatable bonds is 0. The average Bonchev–Trinajstić information content (AvgIpc) is 3.09. The maximum atomic E-state index is 3.86. The number of halogens is 3. The van der Waals surface area contributed by atoms with Gasteiger partial charge in [-0.25, -0.2) is 0 Å². The summed E-state index contributed by atoms with van der Waals surface area (Å²) < 4.78 is 0. The zero-order valence-electron chi connectivity index (χ0n) is 9.72. The van der Waals surface area contributed by atoms with Crippen molar-refractivity contribution >= 4 is 26.2 Å². The highest BCUT2D eigenvalue weighted by molar-refractivity contribution is 7.36. The third kappa shape index (κ3) is 18.3. The van der Waals surface area contributed by atoms with Crippen molar-refractivity contribution < 1.29 is 87.3 Å². The first-order valence-corrected chi connectivity index (χ1v) is 8.43. The SMILES string of the molecule is C1CPN=[NH+]1.C1CPN=[NH+]1.C1CPN=[NH+]1.[I-].[I-].[I-]. The topological polar surface area (TPSA) is 79.0 Å². The van der Waals surface area contributed by atoms with Crippen LogP contribution in [0.5, 0.6) is 0 Å². The summed E-state index contributed by atoms with van der Waals surface area (Å²) in [7, 11) is 2.47. The Bertz CT molecular complexity index is 187. The highest BCUT2D eigenvalue weighted by Crippen LogP contribution is 2.07. The van der Waals surface area contributed by atoms with Crippen molar-refractivity contribution in [3.8, 4) is 0 Å². The lowest BCUT2D eigenvalue weighted by molar-refractivity contribution is -0.511. The molecule has 3 rings (SSSR count). The van der Waals surface area contributed by atoms with Crippen LogP contribution in [0, 0.1) is 0 Å². The second-order valence-corrected chi connectivity index (χ2v) is 5.90. The van der Waals surface area contributed by atoms with Crippen LogP contribution < -0.4 is 87.3 Å². The maximum absolute atomic E-state index is 3.86. The second-order valence-electron chi connectivity index (χ2n) is 2.78. The molecule has 0 saturated carbocycles. The number of nitrogens with one attached hydrogen (secondary N) is 3. The van der Waals surface area contributed by atoms with Gasteiger partial charge in [0.1, 0.15) is 0 Å². The van der Waals surface area contributed by atoms with E-state index in [2.05, 4.69) is 30.0 Å². The minimum Gasteiger partial charge on any atom is -1.00 e. The molecule has 0 aromatic heterocycles. The van der Waals surface area contributed by atoms with Gasteiger partial charge in [-0.3, -0.25) is 0 Å². The van der Waals surface area contributed by atoms with Crippen LogP contribution in [0.4, 0.5) is 0 Å². The molecule has 3 N–H and O–H groups in total. The van der Waals surface area contributed by atoms with E-state index in [0.29, 0.717) is 0 Å². The van der Waals surface area contributed by atoms with Crippen molar-refractivity contribution in [2.75, 3.05) is 38.1 Å². The lowest BCUT2D eigenvalue weighted by atomic mass is 10.8. The Balaban J connectivity index is -0.000000173. The largest absolute Gasteiger partial charge is 1.00 e. The Morgan fingerprint density at radius 1 is 0.556 bits per heavy atom. The van der Waals surface area contributed by atoms with Gasteiger partial charge in [-0.2, -0.15) is 0 Å². The molecule has 0 aromatic carbocycles. The van der Waals surface area contributed by atoms with Gasteiger partial charge in [-0.05, 0) is 14.7 Å². The predicted octanol–water partition coefficient (Wildman–Crippen LogP) is -11.6. The Hall–Kier alpha value is 2.28. The minimum atomic E-state index is 0. The van der Waals surface area contributed by atoms with Crippen LogP contribution in [-0.2, 0) is 0 Å². The van der Waals surface area contributed by atoms with E-state index in [1.165, 1.54) is 18.5 Å². The fourth-order valence-electron chi connectivity index (χ4n) is 0.839. The molecular weight excluding hydrogens is 630 g/mol. The maximum Gasteiger partial charge on any atom is 0.171 e. The lowest BCUT2D eigenvalue weighted by Gasteiger charge is -1.57. The van der Waals surface area contributed by atoms with Crippen LogP contribution in [0.3, 0.4) is 0 Å². The van der Waals surface area contributed by atoms with Gasteiger partial charge in [0, 0.05) is 0 Å². The summed E-state index contributed by atoms with van der Waals surface area (Å²) in [5, 5.41) is 8.58. The number of hydrogen-bond donors (Lipinski definition) is 3. The predicted molar refractivity (Wildman–Crippen MR) is 64.3 cm³/mol. The molecule has 0 bridgehead atoms. The van der Waals surface area contributed by atoms with Gasteiger partial charge in [-0.1, -0.05) is 0 Å². The van der Waals surface area contributed by atoms with Crippen molar-refractivity contribution in [1.82, 2.24) is 0 Å². The molecule has 0 radical (unpaired) electrons. The summed E-state index contributed by atoms with van der Waals surface area (Å²) in [4.78, 5) is 11.6. The first-order chi connectivity index (χ1) is 7.50. The van der Waals surface area contributed by atoms with Crippen LogP contribution in [0.25, 0.3) is 0 Å². The first-order valence-electron chi connectivity index (χ1n) is 4.96. The Morgan fingerprint density at radius 3 is 0.889 bits per heavy atom. The molecule has 0 aliphatic carbocycles. The van der Waals surface area contributed by atoms with Crippen molar-refractivity contribution in [2.45, 2.75) is 0 Å². The summed E-state index contributed by atoms with van der Waals surface area (Å²) in [5.41, 5.74) is 0. The molecule has 3 aliphatic heterocycles. The molecule has 0 fully saturated rings. The van der Waals surface area contributed by atoms with Crippen LogP contribution in [0.15, 0.2) is 14.7 Å². The van der Waals surface area contributed by atoms with Gasteiger partial charge in [0.15, 0.2) is 19.6 Å². The molecule has 0 aromatic rings. The van der Waals surface area contributed by atoms with Crippen LogP contribution >= 0.6 is 26.2 Å². The van der Waals surface area contributed by atoms with Gasteiger partial charge in [0.25, 0.3) is 0 Å². The third-order valence-electron chi connectivity index (χ3n) is 1.52. The summed E-state index contributed by atoms with van der Waals surface area (Å²) in [6.07, 6.45) is 3.75. The smallest absolute Gasteiger partial charge is 0.171 e. The lowest BCUT2D eigenvalue weighted by Crippen LogP contribution is -3.00. The molecule has 12 heteroatoms. The molecule has 18 heavy (non-hydrogen) atoms. The summed E-state index contributed by atoms with van der Waals surface area (Å²) >= 11 is 0. The van der Waals surface area contributed by atoms with E-state index in [4.69, 9.17) is 0 Å². The van der Waals surface area contributed by atoms with E-state index in [9.17, 15) is 0 Å². The van der Waals surface area contributed by atoms with Crippen molar-refractivity contribution in [3.05, 3.63) is 0 Å². The zero-order valence-corrected chi connectivity index (χ0v) is 19.2. The van der Waals surface area contributed by atoms with E-state index in [1.54, 1.807) is 0 Å². The number of hydrogen-bond acceptors (Lipinski definition) is 3. The van der Waals surface area contributed by atoms with E-state index in [1.807, 2.05) is 0 Å². The van der Waals surface area contributed by atoms with Crippen molar-refractivity contribution in [2.24, 2.45) is 14.7 Å². The fraction of sp³-hybridized carbons (Fsp3) is 1.00. The van der Waals surface area contributed by atoms with Gasteiger partial charge in [0.05, 0.1) is 44.7 Å². The van der Waals surface area contributed by atoms with Gasteiger partial charge in [-0.15, -0.1) is 15.3 Å². The highest BCUT2D eigenvalue weighted by Gasteiger charge is 1.95. The fourth-order valence-corrected chi connectivity index (χ4v) is 2.52. The quantitative estimate of drug-likeness (QED) is 0.173. The summed E-state index contributed by atoms with van der Waals surface area (Å²) in [6, 6.07) is 0. The molecule has 6 nitrogen and oxygen atoms in total. The average molecular weight is 648 g/mol. The summed E-state index contributed by atoms with van der Waals surface area (Å²) in [6.45, 7) is 3.29. The van der Waals surface area contributed by atoms with E-state index < -0.39 is 0 Å². The van der Waals surface area contributed by atoms with Crippen molar-refractivity contribution in [1.29, 1.82) is 0 Å². The molecule has 3 atom stereocenters. The first kappa shape index (κ1) is 25.2. The Morgan fingerprint density at radius 2 is 0.833 bits per heavy atom. The third-order valence-corrected chi connectivity index (χ3v) is 3.89. The highest BCUT2D eigenvalue weighted by atomic mass is 127. The molecule has 108 valence electrons. The van der Waals surface area contributed by atoms with Gasteiger partial charge < -0.3 is 71.9 Å². The molecule has 0 amide bonds. The zero-order chi connectivity index (χ0) is 10.6. The van der Waals surface area contributed by atoms with Crippen LogP contribution in [0.2, 0.25) is 0 Å². The Kier molecular flexibility index (Phi) is 30.3. The van der Waals surface area contributed by atoms with E-state index in [-0.39, 0.29) is 71.9 Å². The molecule has 0 saturated heterocycles. The standard InChI is InChI=1S/3C2H5N2P.3HI/c3*1-2-5-4-3-1;;;/h3*5H,1-2H2;3*1H. The molecule has 3 unspecified atom stereocenters. The van der Waals surface area contributed by atoms with Crippen LogP contribution in [0.1, 0.15) is 0 Å². The molecule has 3 heterocycles. The minimum absolute atomic E-state index is 0. The van der Waals surface area contributed by atoms with Gasteiger partial charge in [0.2, 0.25) is 0 Å². The van der Waals surface area contributed by atoms with Gasteiger partial charge >= 0.3 is 0 Å². The molecule has 0 spiro atoms. The number of nitrogens with zero attached hydrogens (tertiary/aromatic N) is 3. The van der Waals surface area contributed by atoms with Crippen LogP contribution in [-0.4, -0.2) is 38.1 Å². The van der Waals surface area contributed by atoms with Crippen molar-refractivity contribution in [3.63, 3.8) is 0 Å². The Labute approximate surface area is 164 Å². The van der Waals surface area contributed by atoms with E-state index >= 15 is 0 Å². The molecule has 3 aliphatic rings.